The van der Waals surface area contributed by atoms with E-state index in [2.05, 4.69) is 28.3 Å². The van der Waals surface area contributed by atoms with Gasteiger partial charge in [-0.05, 0) is 12.1 Å². The Balaban J connectivity index is 0. The van der Waals surface area contributed by atoms with E-state index in [4.69, 9.17) is 14.7 Å². The van der Waals surface area contributed by atoms with E-state index in [0.717, 1.165) is 0 Å². The van der Waals surface area contributed by atoms with Gasteiger partial charge in [0.2, 0.25) is 10.0 Å². The Morgan fingerprint density at radius 3 is 1.88 bits per heavy atom. The van der Waals surface area contributed by atoms with Gasteiger partial charge in [-0.15, -0.1) is 5.69 Å². The van der Waals surface area contributed by atoms with Gasteiger partial charge in [0.05, 0.1) is 4.90 Å². The first-order valence-corrected chi connectivity index (χ1v) is 5.81. The fourth-order valence-corrected chi connectivity index (χ4v) is 1.16. The molecule has 1 aromatic rings. The second-order valence-corrected chi connectivity index (χ2v) is 3.98. The van der Waals surface area contributed by atoms with E-state index in [1.165, 1.54) is 24.3 Å². The third-order valence-electron chi connectivity index (χ3n) is 1.18. The van der Waals surface area contributed by atoms with E-state index < -0.39 is 10.0 Å². The number of nitrogens with two attached hydrogens (primary N) is 1. The normalized spacial score (nSPS) is 8.94. The molecule has 0 amide bonds. The molecule has 0 spiro atoms. The Labute approximate surface area is 103 Å². The van der Waals surface area contributed by atoms with Crippen LogP contribution in [0.5, 0.6) is 0 Å². The van der Waals surface area contributed by atoms with Gasteiger partial charge in [0, 0.05) is 0 Å². The fraction of sp³-hybridized carbons (Fsp3) is 0.111. The molecular weight excluding hydrogens is 275 g/mol. The molecular formula is C9H12CoN2O3S-2. The molecule has 0 fully saturated rings. The van der Waals surface area contributed by atoms with Crippen molar-refractivity contribution in [1.82, 2.24) is 0 Å². The van der Waals surface area contributed by atoms with Crippen LogP contribution in [0.25, 0.3) is 5.73 Å². The first-order chi connectivity index (χ1) is 7.41. The van der Waals surface area contributed by atoms with Crippen molar-refractivity contribution < 1.29 is 28.0 Å². The Kier molecular flexibility index (Phi) is 10.0. The molecule has 5 nitrogen and oxygen atoms in total. The molecule has 0 radical (unpaired) electrons. The van der Waals surface area contributed by atoms with Gasteiger partial charge < -0.3 is 11.8 Å². The van der Waals surface area contributed by atoms with Crippen molar-refractivity contribution in [2.24, 2.45) is 5.14 Å². The summed E-state index contributed by atoms with van der Waals surface area (Å²) in [5.41, 5.74) is 7.32. The number of hydrogen-bond acceptors (Lipinski definition) is 3. The minimum atomic E-state index is -3.60. The average molecular weight is 287 g/mol. The Morgan fingerprint density at radius 2 is 1.62 bits per heavy atom. The molecule has 0 bridgehead atoms. The van der Waals surface area contributed by atoms with E-state index >= 15 is 0 Å². The van der Waals surface area contributed by atoms with E-state index in [9.17, 15) is 8.42 Å². The third kappa shape index (κ3) is 8.30. The molecule has 0 unspecified atom stereocenters. The minimum absolute atomic E-state index is 0.0356. The fourth-order valence-electron chi connectivity index (χ4n) is 0.645. The Hall–Kier alpha value is -1.02. The quantitative estimate of drug-likeness (QED) is 0.798. The van der Waals surface area contributed by atoms with E-state index in [1.54, 1.807) is 6.92 Å². The standard InChI is InChI=1S/C6H7N2O2S.C3H5.Co.O/c7-5-1-3-6(4-2-5)11(8,9)10;1-3-2;;/h1-4,7H,(H2,8,9,10);1H2,2H3;;/q2*-1;;. The third-order valence-corrected chi connectivity index (χ3v) is 2.11. The predicted molar refractivity (Wildman–Crippen MR) is 57.0 cm³/mol. The molecule has 0 aliphatic carbocycles. The van der Waals surface area contributed by atoms with Crippen molar-refractivity contribution in [3.63, 3.8) is 0 Å². The van der Waals surface area contributed by atoms with Crippen LogP contribution in [0.1, 0.15) is 6.92 Å². The van der Waals surface area contributed by atoms with Gasteiger partial charge in [0.25, 0.3) is 0 Å². The van der Waals surface area contributed by atoms with Crippen LogP contribution >= 0.6 is 0 Å². The zero-order chi connectivity index (χ0) is 13.2. The van der Waals surface area contributed by atoms with Crippen LogP contribution < -0.4 is 5.14 Å². The van der Waals surface area contributed by atoms with E-state index in [-0.39, 0.29) is 10.6 Å². The van der Waals surface area contributed by atoms with E-state index in [0.29, 0.717) is 0 Å². The SMILES string of the molecule is C=[C-]C.[NH-]c1ccc(S(N)(=O)=O)cc1.[O]=[Co]. The predicted octanol–water partition coefficient (Wildman–Crippen LogP) is 1.89. The Bertz CT molecular complexity index is 403. The maximum absolute atomic E-state index is 10.7. The first kappa shape index (κ1) is 17.4. The molecule has 0 atom stereocenters. The maximum atomic E-state index is 10.7. The van der Waals surface area contributed by atoms with Gasteiger partial charge in [0.1, 0.15) is 0 Å². The number of sulfonamides is 1. The molecule has 0 aromatic heterocycles. The van der Waals surface area contributed by atoms with Crippen LogP contribution in [0.2, 0.25) is 0 Å². The molecule has 0 saturated carbocycles. The molecule has 93 valence electrons. The second kappa shape index (κ2) is 9.22. The monoisotopic (exact) mass is 287 g/mol. The first-order valence-electron chi connectivity index (χ1n) is 3.83. The van der Waals surface area contributed by atoms with Crippen LogP contribution in [-0.2, 0) is 29.6 Å². The van der Waals surface area contributed by atoms with Crippen molar-refractivity contribution in [3.8, 4) is 0 Å². The van der Waals surface area contributed by atoms with Gasteiger partial charge in [-0.3, -0.25) is 6.58 Å². The average Bonchev–Trinajstić information content (AvgIpc) is 2.21. The molecule has 0 aliphatic heterocycles. The van der Waals surface area contributed by atoms with Gasteiger partial charge in [-0.25, -0.2) is 13.6 Å². The summed E-state index contributed by atoms with van der Waals surface area (Å²) >= 11 is 2.31. The number of primary sulfonamides is 1. The topological polar surface area (TPSA) is 101 Å². The molecule has 1 rings (SSSR count). The molecule has 1 aromatic carbocycles. The number of allylic oxidation sites excluding steroid dienone is 1. The number of hydrogen-bond donors (Lipinski definition) is 1. The summed E-state index contributed by atoms with van der Waals surface area (Å²) in [6.45, 7) is 5.00. The van der Waals surface area contributed by atoms with Crippen LogP contribution in [0.3, 0.4) is 0 Å². The zero-order valence-electron chi connectivity index (χ0n) is 8.56. The summed E-state index contributed by atoms with van der Waals surface area (Å²) in [6.07, 6.45) is 2.50. The van der Waals surface area contributed by atoms with Crippen LogP contribution in [0.15, 0.2) is 35.7 Å². The summed E-state index contributed by atoms with van der Waals surface area (Å²) < 4.78 is 29.3. The van der Waals surface area contributed by atoms with Crippen molar-refractivity contribution in [2.75, 3.05) is 0 Å². The summed E-state index contributed by atoms with van der Waals surface area (Å²) in [5, 5.41) is 4.82. The molecule has 16 heavy (non-hydrogen) atoms. The summed E-state index contributed by atoms with van der Waals surface area (Å²) in [6, 6.07) is 5.36. The number of benzene rings is 1. The summed E-state index contributed by atoms with van der Waals surface area (Å²) in [5.74, 6) is 0. The van der Waals surface area contributed by atoms with Gasteiger partial charge in [0.15, 0.2) is 0 Å². The van der Waals surface area contributed by atoms with Crippen LogP contribution in [0.4, 0.5) is 5.69 Å². The zero-order valence-corrected chi connectivity index (χ0v) is 10.4. The molecule has 7 heteroatoms. The number of rotatable bonds is 1. The van der Waals surface area contributed by atoms with E-state index in [1.807, 2.05) is 0 Å². The molecule has 0 saturated heterocycles. The van der Waals surface area contributed by atoms with Crippen molar-refractivity contribution in [1.29, 1.82) is 0 Å². The van der Waals surface area contributed by atoms with Crippen molar-refractivity contribution in [2.45, 2.75) is 11.8 Å². The molecule has 3 N–H and O–H groups in total. The number of nitrogens with one attached hydrogen (secondary N) is 1. The van der Waals surface area contributed by atoms with Crippen LogP contribution in [0, 0.1) is 6.08 Å². The molecule has 0 aliphatic rings. The Morgan fingerprint density at radius 1 is 1.31 bits per heavy atom. The summed E-state index contributed by atoms with van der Waals surface area (Å²) in [4.78, 5) is 0.0356. The van der Waals surface area contributed by atoms with Gasteiger partial charge in [-0.1, -0.05) is 12.1 Å². The molecule has 0 heterocycles. The van der Waals surface area contributed by atoms with Crippen molar-refractivity contribution >= 4 is 15.7 Å². The second-order valence-electron chi connectivity index (χ2n) is 2.42. The van der Waals surface area contributed by atoms with Crippen LogP contribution in [-0.4, -0.2) is 8.42 Å². The van der Waals surface area contributed by atoms with Gasteiger partial charge in [-0.2, -0.15) is 6.92 Å². The summed E-state index contributed by atoms with van der Waals surface area (Å²) in [7, 11) is -3.60. The van der Waals surface area contributed by atoms with Gasteiger partial charge >= 0.3 is 19.5 Å². The van der Waals surface area contributed by atoms with Crippen molar-refractivity contribution in [3.05, 3.63) is 42.7 Å².